The van der Waals surface area contributed by atoms with Crippen LogP contribution in [0.3, 0.4) is 0 Å². The fourth-order valence-corrected chi connectivity index (χ4v) is 3.31. The highest BCUT2D eigenvalue weighted by atomic mass is 16.4. The second-order valence-corrected chi connectivity index (χ2v) is 7.70. The summed E-state index contributed by atoms with van der Waals surface area (Å²) in [6.07, 6.45) is 2.62. The third kappa shape index (κ3) is 5.49. The smallest absolute Gasteiger partial charge is 0.307 e. The largest absolute Gasteiger partial charge is 0.481 e. The molecule has 0 spiro atoms. The normalized spacial score (nSPS) is 13.0. The topological polar surface area (TPSA) is 54.4 Å². The molecule has 0 saturated carbocycles. The van der Waals surface area contributed by atoms with E-state index in [-0.39, 0.29) is 17.1 Å². The third-order valence-corrected chi connectivity index (χ3v) is 4.45. The zero-order chi connectivity index (χ0) is 17.8. The molecule has 0 amide bonds. The van der Waals surface area contributed by atoms with Gasteiger partial charge in [-0.1, -0.05) is 44.9 Å². The first-order chi connectivity index (χ1) is 10.5. The van der Waals surface area contributed by atoms with Gasteiger partial charge in [0.05, 0.1) is 5.92 Å². The number of carboxylic acids is 1. The molecule has 1 unspecified atom stereocenters. The SMILES string of the molecule is Cc1cc(C)c(C(=O)CCCCC(C(=O)O)C(C)(C)C)c(C)c1. The lowest BCUT2D eigenvalue weighted by molar-refractivity contribution is -0.145. The number of carboxylic acid groups (broad SMARTS) is 1. The Hall–Kier alpha value is -1.64. The number of benzene rings is 1. The number of unbranched alkanes of at least 4 members (excludes halogenated alkanes) is 1. The Morgan fingerprint density at radius 3 is 2.00 bits per heavy atom. The fraction of sp³-hybridized carbons (Fsp3) is 0.600. The number of ketones is 1. The predicted octanol–water partition coefficient (Wildman–Crippen LogP) is 5.10. The monoisotopic (exact) mass is 318 g/mol. The molecule has 0 radical (unpaired) electrons. The third-order valence-electron chi connectivity index (χ3n) is 4.45. The first kappa shape index (κ1) is 19.4. The van der Waals surface area contributed by atoms with Crippen molar-refractivity contribution >= 4 is 11.8 Å². The van der Waals surface area contributed by atoms with Crippen LogP contribution in [0.25, 0.3) is 0 Å². The Morgan fingerprint density at radius 2 is 1.57 bits per heavy atom. The van der Waals surface area contributed by atoms with Crippen LogP contribution in [0.5, 0.6) is 0 Å². The van der Waals surface area contributed by atoms with Gasteiger partial charge in [-0.15, -0.1) is 0 Å². The average Bonchev–Trinajstić information content (AvgIpc) is 2.34. The number of carbonyl (C=O) groups excluding carboxylic acids is 1. The van der Waals surface area contributed by atoms with Gasteiger partial charge in [0.25, 0.3) is 0 Å². The Kier molecular flexibility index (Phi) is 6.55. The number of hydrogen-bond donors (Lipinski definition) is 1. The molecular formula is C20H30O3. The van der Waals surface area contributed by atoms with Crippen molar-refractivity contribution in [3.05, 3.63) is 34.4 Å². The molecule has 0 aliphatic carbocycles. The Bertz CT molecular complexity index is 556. The Labute approximate surface area is 140 Å². The van der Waals surface area contributed by atoms with Crippen LogP contribution in [-0.2, 0) is 4.79 Å². The van der Waals surface area contributed by atoms with E-state index in [4.69, 9.17) is 0 Å². The number of Topliss-reactive ketones (excluding diaryl/α,β-unsaturated/α-hetero) is 1. The summed E-state index contributed by atoms with van der Waals surface area (Å²) in [4.78, 5) is 23.8. The number of hydrogen-bond acceptors (Lipinski definition) is 2. The maximum absolute atomic E-state index is 12.5. The number of aryl methyl sites for hydroxylation is 3. The Balaban J connectivity index is 2.60. The molecule has 128 valence electrons. The van der Waals surface area contributed by atoms with Crippen molar-refractivity contribution in [1.29, 1.82) is 0 Å². The first-order valence-corrected chi connectivity index (χ1v) is 8.38. The highest BCUT2D eigenvalue weighted by Gasteiger charge is 2.30. The van der Waals surface area contributed by atoms with Crippen LogP contribution in [-0.4, -0.2) is 16.9 Å². The number of aliphatic carboxylic acids is 1. The van der Waals surface area contributed by atoms with E-state index in [1.807, 2.05) is 53.7 Å². The van der Waals surface area contributed by atoms with Crippen LogP contribution in [0.4, 0.5) is 0 Å². The Morgan fingerprint density at radius 1 is 1.04 bits per heavy atom. The van der Waals surface area contributed by atoms with Gasteiger partial charge in [0.1, 0.15) is 0 Å². The van der Waals surface area contributed by atoms with Gasteiger partial charge < -0.3 is 5.11 Å². The average molecular weight is 318 g/mol. The lowest BCUT2D eigenvalue weighted by atomic mass is 9.78. The summed E-state index contributed by atoms with van der Waals surface area (Å²) in [5.41, 5.74) is 3.82. The van der Waals surface area contributed by atoms with Crippen molar-refractivity contribution in [2.75, 3.05) is 0 Å². The molecule has 1 aromatic carbocycles. The minimum atomic E-state index is -0.742. The summed E-state index contributed by atoms with van der Waals surface area (Å²) in [6, 6.07) is 4.08. The van der Waals surface area contributed by atoms with Crippen LogP contribution in [0, 0.1) is 32.1 Å². The minimum Gasteiger partial charge on any atom is -0.481 e. The van der Waals surface area contributed by atoms with E-state index in [9.17, 15) is 14.7 Å². The summed E-state index contributed by atoms with van der Waals surface area (Å²) in [6.45, 7) is 11.9. The van der Waals surface area contributed by atoms with Gasteiger partial charge >= 0.3 is 5.97 Å². The highest BCUT2D eigenvalue weighted by molar-refractivity contribution is 5.98. The second-order valence-electron chi connectivity index (χ2n) is 7.70. The van der Waals surface area contributed by atoms with Gasteiger partial charge in [-0.3, -0.25) is 9.59 Å². The minimum absolute atomic E-state index is 0.169. The van der Waals surface area contributed by atoms with Gasteiger partial charge in [-0.05, 0) is 50.2 Å². The van der Waals surface area contributed by atoms with Crippen LogP contribution < -0.4 is 0 Å². The molecule has 0 saturated heterocycles. The van der Waals surface area contributed by atoms with E-state index < -0.39 is 5.97 Å². The first-order valence-electron chi connectivity index (χ1n) is 8.38. The molecule has 3 nitrogen and oxygen atoms in total. The van der Waals surface area contributed by atoms with Gasteiger partial charge in [0.2, 0.25) is 0 Å². The van der Waals surface area contributed by atoms with E-state index in [0.717, 1.165) is 29.5 Å². The molecule has 0 bridgehead atoms. The van der Waals surface area contributed by atoms with Crippen LogP contribution >= 0.6 is 0 Å². The zero-order valence-corrected chi connectivity index (χ0v) is 15.3. The van der Waals surface area contributed by atoms with Crippen LogP contribution in [0.1, 0.15) is 73.5 Å². The van der Waals surface area contributed by atoms with E-state index in [1.54, 1.807) is 0 Å². The molecule has 3 heteroatoms. The van der Waals surface area contributed by atoms with Crippen molar-refractivity contribution in [3.63, 3.8) is 0 Å². The van der Waals surface area contributed by atoms with Crippen LogP contribution in [0.2, 0.25) is 0 Å². The molecule has 1 rings (SSSR count). The quantitative estimate of drug-likeness (QED) is 0.562. The molecule has 0 aromatic heterocycles. The van der Waals surface area contributed by atoms with Crippen molar-refractivity contribution in [2.24, 2.45) is 11.3 Å². The molecule has 1 aromatic rings. The van der Waals surface area contributed by atoms with Crippen molar-refractivity contribution in [3.8, 4) is 0 Å². The van der Waals surface area contributed by atoms with E-state index in [2.05, 4.69) is 0 Å². The summed E-state index contributed by atoms with van der Waals surface area (Å²) < 4.78 is 0. The fourth-order valence-electron chi connectivity index (χ4n) is 3.31. The molecule has 1 atom stereocenters. The summed E-state index contributed by atoms with van der Waals surface area (Å²) in [5.74, 6) is -0.933. The molecule has 0 heterocycles. The number of carbonyl (C=O) groups is 2. The highest BCUT2D eigenvalue weighted by Crippen LogP contribution is 2.30. The predicted molar refractivity (Wildman–Crippen MR) is 94.0 cm³/mol. The maximum atomic E-state index is 12.5. The van der Waals surface area contributed by atoms with Crippen molar-refractivity contribution in [1.82, 2.24) is 0 Å². The summed E-state index contributed by atoms with van der Waals surface area (Å²) >= 11 is 0. The summed E-state index contributed by atoms with van der Waals surface area (Å²) in [5, 5.41) is 9.33. The molecule has 0 aliphatic rings. The van der Waals surface area contributed by atoms with Gasteiger partial charge in [-0.2, -0.15) is 0 Å². The second kappa shape index (κ2) is 7.76. The van der Waals surface area contributed by atoms with Crippen LogP contribution in [0.15, 0.2) is 12.1 Å². The molecule has 0 aliphatic heterocycles. The molecular weight excluding hydrogens is 288 g/mol. The van der Waals surface area contributed by atoms with E-state index >= 15 is 0 Å². The van der Waals surface area contributed by atoms with E-state index in [0.29, 0.717) is 12.8 Å². The molecule has 1 N–H and O–H groups in total. The van der Waals surface area contributed by atoms with Gasteiger partial charge in [0.15, 0.2) is 5.78 Å². The van der Waals surface area contributed by atoms with Crippen molar-refractivity contribution < 1.29 is 14.7 Å². The number of rotatable bonds is 7. The van der Waals surface area contributed by atoms with Gasteiger partial charge in [-0.25, -0.2) is 0 Å². The molecule has 23 heavy (non-hydrogen) atoms. The van der Waals surface area contributed by atoms with Crippen molar-refractivity contribution in [2.45, 2.75) is 67.2 Å². The van der Waals surface area contributed by atoms with Gasteiger partial charge in [0, 0.05) is 12.0 Å². The van der Waals surface area contributed by atoms with E-state index in [1.165, 1.54) is 5.56 Å². The molecule has 0 fully saturated rings. The summed E-state index contributed by atoms with van der Waals surface area (Å²) in [7, 11) is 0. The lowest BCUT2D eigenvalue weighted by Crippen LogP contribution is -2.28. The standard InChI is InChI=1S/C20H30O3/c1-13-11-14(2)18(15(3)12-13)17(21)10-8-7-9-16(19(22)23)20(4,5)6/h11-12,16H,7-10H2,1-6H3,(H,22,23). The maximum Gasteiger partial charge on any atom is 0.307 e. The zero-order valence-electron chi connectivity index (χ0n) is 15.3. The lowest BCUT2D eigenvalue weighted by Gasteiger charge is -2.26.